The maximum Gasteiger partial charge on any atom is 0.223 e. The third-order valence-corrected chi connectivity index (χ3v) is 5.05. The van der Waals surface area contributed by atoms with Gasteiger partial charge in [0, 0.05) is 38.6 Å². The normalized spacial score (nSPS) is 25.2. The molecule has 2 fully saturated rings. The number of carbonyl (C=O) groups is 1. The van der Waals surface area contributed by atoms with Crippen molar-refractivity contribution in [2.24, 2.45) is 5.92 Å². The second kappa shape index (κ2) is 8.74. The van der Waals surface area contributed by atoms with E-state index in [-0.39, 0.29) is 0 Å². The van der Waals surface area contributed by atoms with Crippen LogP contribution in [0.2, 0.25) is 0 Å². The van der Waals surface area contributed by atoms with Crippen LogP contribution in [0.4, 0.5) is 0 Å². The summed E-state index contributed by atoms with van der Waals surface area (Å²) in [7, 11) is 0. The highest BCUT2D eigenvalue weighted by Gasteiger charge is 2.24. The van der Waals surface area contributed by atoms with Crippen LogP contribution < -0.4 is 5.32 Å². The van der Waals surface area contributed by atoms with E-state index in [9.17, 15) is 4.79 Å². The van der Waals surface area contributed by atoms with E-state index in [1.165, 1.54) is 51.7 Å². The molecule has 0 bridgehead atoms. The Balaban J connectivity index is 1.64. The van der Waals surface area contributed by atoms with Gasteiger partial charge in [-0.1, -0.05) is 6.92 Å². The van der Waals surface area contributed by atoms with Crippen LogP contribution in [0.1, 0.15) is 52.4 Å². The van der Waals surface area contributed by atoms with Crippen LogP contribution in [0, 0.1) is 5.92 Å². The van der Waals surface area contributed by atoms with Crippen molar-refractivity contribution in [1.29, 1.82) is 0 Å². The average molecular weight is 295 g/mol. The average Bonchev–Trinajstić information content (AvgIpc) is 3.02. The van der Waals surface area contributed by atoms with E-state index in [0.29, 0.717) is 18.4 Å². The van der Waals surface area contributed by atoms with Gasteiger partial charge in [-0.05, 0) is 58.0 Å². The number of carbonyl (C=O) groups excluding carboxylic acids is 1. The van der Waals surface area contributed by atoms with Gasteiger partial charge < -0.3 is 15.1 Å². The lowest BCUT2D eigenvalue weighted by atomic mass is 9.91. The number of rotatable bonds is 7. The predicted molar refractivity (Wildman–Crippen MR) is 87.4 cm³/mol. The van der Waals surface area contributed by atoms with E-state index in [1.807, 2.05) is 4.90 Å². The van der Waals surface area contributed by atoms with Gasteiger partial charge in [0.05, 0.1) is 0 Å². The predicted octanol–water partition coefficient (Wildman–Crippen LogP) is 2.10. The van der Waals surface area contributed by atoms with Crippen LogP contribution >= 0.6 is 0 Å². The first kappa shape index (κ1) is 16.8. The molecular weight excluding hydrogens is 262 g/mol. The van der Waals surface area contributed by atoms with Crippen LogP contribution in [-0.4, -0.2) is 61.0 Å². The molecule has 0 aromatic heterocycles. The summed E-state index contributed by atoms with van der Waals surface area (Å²) in [5.74, 6) is 1.08. The molecule has 1 amide bonds. The number of nitrogens with zero attached hydrogens (tertiary/aromatic N) is 2. The summed E-state index contributed by atoms with van der Waals surface area (Å²) in [6.07, 6.45) is 6.93. The Labute approximate surface area is 130 Å². The van der Waals surface area contributed by atoms with Crippen molar-refractivity contribution in [3.8, 4) is 0 Å². The topological polar surface area (TPSA) is 35.6 Å². The van der Waals surface area contributed by atoms with Crippen LogP contribution in [0.15, 0.2) is 0 Å². The molecular formula is C17H33N3O. The molecule has 2 heterocycles. The van der Waals surface area contributed by atoms with Crippen LogP contribution in [0.3, 0.4) is 0 Å². The molecule has 2 unspecified atom stereocenters. The fourth-order valence-corrected chi connectivity index (χ4v) is 3.72. The Morgan fingerprint density at radius 3 is 2.71 bits per heavy atom. The van der Waals surface area contributed by atoms with Gasteiger partial charge >= 0.3 is 0 Å². The third kappa shape index (κ3) is 5.26. The minimum absolute atomic E-state index is 0.337. The molecule has 2 rings (SSSR count). The highest BCUT2D eigenvalue weighted by molar-refractivity contribution is 5.76. The summed E-state index contributed by atoms with van der Waals surface area (Å²) in [5, 5.41) is 3.60. The van der Waals surface area contributed by atoms with Crippen molar-refractivity contribution < 1.29 is 4.79 Å². The summed E-state index contributed by atoms with van der Waals surface area (Å²) >= 11 is 0. The van der Waals surface area contributed by atoms with Crippen molar-refractivity contribution in [2.75, 3.05) is 39.3 Å². The van der Waals surface area contributed by atoms with Gasteiger partial charge in [-0.15, -0.1) is 0 Å². The van der Waals surface area contributed by atoms with Crippen molar-refractivity contribution in [1.82, 2.24) is 15.1 Å². The minimum Gasteiger partial charge on any atom is -0.343 e. The van der Waals surface area contributed by atoms with Gasteiger partial charge in [-0.3, -0.25) is 4.79 Å². The van der Waals surface area contributed by atoms with E-state index < -0.39 is 0 Å². The van der Waals surface area contributed by atoms with E-state index >= 15 is 0 Å². The highest BCUT2D eigenvalue weighted by atomic mass is 16.2. The number of piperidine rings is 1. The molecule has 2 atom stereocenters. The second-order valence-corrected chi connectivity index (χ2v) is 6.78. The lowest BCUT2D eigenvalue weighted by Gasteiger charge is -2.36. The van der Waals surface area contributed by atoms with Gasteiger partial charge in [0.2, 0.25) is 5.91 Å². The van der Waals surface area contributed by atoms with Gasteiger partial charge in [0.1, 0.15) is 0 Å². The minimum atomic E-state index is 0.337. The largest absolute Gasteiger partial charge is 0.343 e. The zero-order chi connectivity index (χ0) is 15.1. The number of hydrogen-bond acceptors (Lipinski definition) is 3. The van der Waals surface area contributed by atoms with Gasteiger partial charge in [0.25, 0.3) is 0 Å². The molecule has 1 N–H and O–H groups in total. The number of hydrogen-bond donors (Lipinski definition) is 1. The first-order chi connectivity index (χ1) is 10.2. The molecule has 4 heteroatoms. The maximum absolute atomic E-state index is 12.0. The molecule has 21 heavy (non-hydrogen) atoms. The zero-order valence-corrected chi connectivity index (χ0v) is 13.9. The smallest absolute Gasteiger partial charge is 0.223 e. The first-order valence-corrected chi connectivity index (χ1v) is 8.94. The molecule has 2 aliphatic rings. The Bertz CT molecular complexity index is 313. The molecule has 0 saturated carbocycles. The quantitative estimate of drug-likeness (QED) is 0.781. The summed E-state index contributed by atoms with van der Waals surface area (Å²) in [6.45, 7) is 11.1. The molecule has 0 spiro atoms. The van der Waals surface area contributed by atoms with Crippen molar-refractivity contribution in [3.05, 3.63) is 0 Å². The summed E-state index contributed by atoms with van der Waals surface area (Å²) in [4.78, 5) is 16.6. The zero-order valence-electron chi connectivity index (χ0n) is 13.9. The molecule has 0 radical (unpaired) electrons. The molecule has 0 aliphatic carbocycles. The standard InChI is InChI=1S/C17H33N3O/c1-3-10-19-11-6-7-16(14-19)15(2)18-9-8-17(21)20-12-4-5-13-20/h15-16,18H,3-14H2,1-2H3. The Morgan fingerprint density at radius 2 is 2.00 bits per heavy atom. The number of nitrogens with one attached hydrogen (secondary N) is 1. The number of likely N-dealkylation sites (tertiary alicyclic amines) is 2. The highest BCUT2D eigenvalue weighted by Crippen LogP contribution is 2.20. The lowest BCUT2D eigenvalue weighted by molar-refractivity contribution is -0.130. The molecule has 4 nitrogen and oxygen atoms in total. The van der Waals surface area contributed by atoms with E-state index in [2.05, 4.69) is 24.1 Å². The van der Waals surface area contributed by atoms with Gasteiger partial charge in [-0.2, -0.15) is 0 Å². The fraction of sp³-hybridized carbons (Fsp3) is 0.941. The lowest BCUT2D eigenvalue weighted by Crippen LogP contribution is -2.45. The first-order valence-electron chi connectivity index (χ1n) is 8.94. The second-order valence-electron chi connectivity index (χ2n) is 6.78. The number of amides is 1. The maximum atomic E-state index is 12.0. The molecule has 2 saturated heterocycles. The summed E-state index contributed by atoms with van der Waals surface area (Å²) in [6, 6.07) is 0.524. The van der Waals surface area contributed by atoms with Gasteiger partial charge in [0.15, 0.2) is 0 Å². The van der Waals surface area contributed by atoms with Crippen LogP contribution in [0.5, 0.6) is 0 Å². The van der Waals surface area contributed by atoms with Gasteiger partial charge in [-0.25, -0.2) is 0 Å². The van der Waals surface area contributed by atoms with E-state index in [1.54, 1.807) is 0 Å². The Hall–Kier alpha value is -0.610. The summed E-state index contributed by atoms with van der Waals surface area (Å²) < 4.78 is 0. The molecule has 2 aliphatic heterocycles. The molecule has 0 aromatic rings. The van der Waals surface area contributed by atoms with Crippen molar-refractivity contribution in [2.45, 2.75) is 58.4 Å². The third-order valence-electron chi connectivity index (χ3n) is 5.05. The Kier molecular flexibility index (Phi) is 6.97. The monoisotopic (exact) mass is 295 g/mol. The molecule has 122 valence electrons. The SMILES string of the molecule is CCCN1CCCC(C(C)NCCC(=O)N2CCCC2)C1. The van der Waals surface area contributed by atoms with Crippen LogP contribution in [-0.2, 0) is 4.79 Å². The Morgan fingerprint density at radius 1 is 1.24 bits per heavy atom. The fourth-order valence-electron chi connectivity index (χ4n) is 3.72. The van der Waals surface area contributed by atoms with E-state index in [4.69, 9.17) is 0 Å². The van der Waals surface area contributed by atoms with Crippen LogP contribution in [0.25, 0.3) is 0 Å². The summed E-state index contributed by atoms with van der Waals surface area (Å²) in [5.41, 5.74) is 0. The van der Waals surface area contributed by atoms with Crippen molar-refractivity contribution in [3.63, 3.8) is 0 Å². The van der Waals surface area contributed by atoms with E-state index in [0.717, 1.165) is 25.6 Å². The molecule has 0 aromatic carbocycles. The van der Waals surface area contributed by atoms with Crippen molar-refractivity contribution >= 4 is 5.91 Å².